The highest BCUT2D eigenvalue weighted by Crippen LogP contribution is 2.20. The van der Waals surface area contributed by atoms with E-state index in [2.05, 4.69) is 32.3 Å². The zero-order valence-corrected chi connectivity index (χ0v) is 12.2. The maximum absolute atomic E-state index is 4.41. The van der Waals surface area contributed by atoms with Crippen LogP contribution >= 0.6 is 40.1 Å². The Kier molecular flexibility index (Phi) is 6.73. The van der Waals surface area contributed by atoms with Gasteiger partial charge >= 0.3 is 0 Å². The molecule has 1 aromatic heterocycles. The van der Waals surface area contributed by atoms with Crippen LogP contribution in [0.4, 0.5) is 0 Å². The van der Waals surface area contributed by atoms with Crippen LogP contribution in [0.5, 0.6) is 0 Å². The van der Waals surface area contributed by atoms with Crippen LogP contribution in [0.3, 0.4) is 0 Å². The van der Waals surface area contributed by atoms with Crippen molar-refractivity contribution in [2.75, 3.05) is 12.3 Å². The normalized spacial score (nSPS) is 20.2. The van der Waals surface area contributed by atoms with E-state index in [9.17, 15) is 0 Å². The number of piperidine rings is 1. The van der Waals surface area contributed by atoms with Crippen molar-refractivity contribution in [1.82, 2.24) is 10.3 Å². The molecule has 16 heavy (non-hydrogen) atoms. The molecule has 0 spiro atoms. The van der Waals surface area contributed by atoms with E-state index in [0.29, 0.717) is 6.04 Å². The van der Waals surface area contributed by atoms with Crippen molar-refractivity contribution in [3.8, 4) is 0 Å². The number of aromatic nitrogens is 1. The third-order valence-electron chi connectivity index (χ3n) is 2.53. The van der Waals surface area contributed by atoms with E-state index in [1.165, 1.54) is 25.8 Å². The maximum atomic E-state index is 4.41. The minimum atomic E-state index is 0. The molecule has 0 aromatic carbocycles. The third-order valence-corrected chi connectivity index (χ3v) is 4.07. The molecule has 0 saturated carbocycles. The van der Waals surface area contributed by atoms with Gasteiger partial charge < -0.3 is 5.32 Å². The van der Waals surface area contributed by atoms with Crippen molar-refractivity contribution in [3.63, 3.8) is 0 Å². The molecular weight excluding hydrogens is 308 g/mol. The lowest BCUT2D eigenvalue weighted by Gasteiger charge is -2.22. The van der Waals surface area contributed by atoms with E-state index in [4.69, 9.17) is 0 Å². The summed E-state index contributed by atoms with van der Waals surface area (Å²) in [4.78, 5) is 4.41. The van der Waals surface area contributed by atoms with Gasteiger partial charge in [0.25, 0.3) is 0 Å². The summed E-state index contributed by atoms with van der Waals surface area (Å²) in [5.41, 5.74) is 0. The predicted molar refractivity (Wildman–Crippen MR) is 75.6 cm³/mol. The molecule has 1 fully saturated rings. The van der Waals surface area contributed by atoms with E-state index in [1.807, 2.05) is 23.9 Å². The van der Waals surface area contributed by atoms with Crippen LogP contribution in [0.2, 0.25) is 0 Å². The van der Waals surface area contributed by atoms with Gasteiger partial charge in [-0.05, 0) is 47.4 Å². The third kappa shape index (κ3) is 4.62. The number of nitrogens with zero attached hydrogens (tertiary/aromatic N) is 1. The molecule has 5 heteroatoms. The van der Waals surface area contributed by atoms with Crippen molar-refractivity contribution < 1.29 is 0 Å². The van der Waals surface area contributed by atoms with Gasteiger partial charge in [-0.15, -0.1) is 24.2 Å². The highest BCUT2D eigenvalue weighted by Gasteiger charge is 2.12. The van der Waals surface area contributed by atoms with Crippen LogP contribution < -0.4 is 5.32 Å². The topological polar surface area (TPSA) is 24.9 Å². The first-order chi connectivity index (χ1) is 7.34. The van der Waals surface area contributed by atoms with Crippen molar-refractivity contribution in [1.29, 1.82) is 0 Å². The molecule has 1 saturated heterocycles. The molecule has 1 N–H and O–H groups in total. The Morgan fingerprint density at radius 3 is 3.00 bits per heavy atom. The van der Waals surface area contributed by atoms with Crippen LogP contribution in [0.15, 0.2) is 27.8 Å². The summed E-state index contributed by atoms with van der Waals surface area (Å²) in [6.45, 7) is 1.18. The summed E-state index contributed by atoms with van der Waals surface area (Å²) in [6, 6.07) is 6.74. The first-order valence-electron chi connectivity index (χ1n) is 5.33. The Hall–Kier alpha value is 0.230. The molecule has 0 radical (unpaired) electrons. The largest absolute Gasteiger partial charge is 0.313 e. The molecule has 2 heterocycles. The number of thioether (sulfide) groups is 1. The quantitative estimate of drug-likeness (QED) is 0.681. The van der Waals surface area contributed by atoms with Crippen molar-refractivity contribution in [2.45, 2.75) is 30.3 Å². The van der Waals surface area contributed by atoms with Gasteiger partial charge in [-0.25, -0.2) is 4.98 Å². The van der Waals surface area contributed by atoms with E-state index < -0.39 is 0 Å². The Balaban J connectivity index is 0.00000128. The van der Waals surface area contributed by atoms with Gasteiger partial charge in [0.1, 0.15) is 4.60 Å². The predicted octanol–water partition coefficient (Wildman–Crippen LogP) is 3.50. The molecule has 1 aliphatic rings. The van der Waals surface area contributed by atoms with Crippen molar-refractivity contribution in [2.24, 2.45) is 0 Å². The second kappa shape index (κ2) is 7.54. The van der Waals surface area contributed by atoms with E-state index >= 15 is 0 Å². The van der Waals surface area contributed by atoms with E-state index in [-0.39, 0.29) is 12.4 Å². The van der Waals surface area contributed by atoms with Gasteiger partial charge in [0.05, 0.1) is 5.03 Å². The molecule has 0 bridgehead atoms. The number of pyridine rings is 1. The van der Waals surface area contributed by atoms with Gasteiger partial charge in [-0.2, -0.15) is 0 Å². The van der Waals surface area contributed by atoms with Crippen LogP contribution in [0.1, 0.15) is 19.3 Å². The molecule has 1 aliphatic heterocycles. The lowest BCUT2D eigenvalue weighted by molar-refractivity contribution is 0.430. The molecule has 2 nitrogen and oxygen atoms in total. The molecule has 2 rings (SSSR count). The average molecular weight is 324 g/mol. The summed E-state index contributed by atoms with van der Waals surface area (Å²) in [5, 5.41) is 4.65. The highest BCUT2D eigenvalue weighted by atomic mass is 79.9. The molecule has 1 atom stereocenters. The SMILES string of the molecule is Brc1cccc(SCC2CCCCN2)n1.Cl. The molecule has 0 amide bonds. The second-order valence-corrected chi connectivity index (χ2v) is 5.61. The van der Waals surface area contributed by atoms with Gasteiger partial charge in [-0.1, -0.05) is 12.5 Å². The van der Waals surface area contributed by atoms with E-state index in [1.54, 1.807) is 0 Å². The number of nitrogens with one attached hydrogen (secondary N) is 1. The summed E-state index contributed by atoms with van der Waals surface area (Å²) < 4.78 is 0.920. The van der Waals surface area contributed by atoms with Crippen molar-refractivity contribution in [3.05, 3.63) is 22.8 Å². The van der Waals surface area contributed by atoms with Crippen LogP contribution in [-0.4, -0.2) is 23.3 Å². The highest BCUT2D eigenvalue weighted by molar-refractivity contribution is 9.10. The maximum Gasteiger partial charge on any atom is 0.107 e. The summed E-state index contributed by atoms with van der Waals surface area (Å²) >= 11 is 5.23. The molecule has 1 unspecified atom stereocenters. The zero-order chi connectivity index (χ0) is 10.5. The smallest absolute Gasteiger partial charge is 0.107 e. The van der Waals surface area contributed by atoms with Gasteiger partial charge in [0.15, 0.2) is 0 Å². The van der Waals surface area contributed by atoms with E-state index in [0.717, 1.165) is 15.4 Å². The van der Waals surface area contributed by atoms with Crippen LogP contribution in [-0.2, 0) is 0 Å². The monoisotopic (exact) mass is 322 g/mol. The molecule has 1 aromatic rings. The van der Waals surface area contributed by atoms with Gasteiger partial charge in [-0.3, -0.25) is 0 Å². The summed E-state index contributed by atoms with van der Waals surface area (Å²) in [7, 11) is 0. The minimum absolute atomic E-state index is 0. The fourth-order valence-electron chi connectivity index (χ4n) is 1.72. The van der Waals surface area contributed by atoms with Gasteiger partial charge in [0, 0.05) is 11.8 Å². The van der Waals surface area contributed by atoms with Gasteiger partial charge in [0.2, 0.25) is 0 Å². The fourth-order valence-corrected chi connectivity index (χ4v) is 3.18. The zero-order valence-electron chi connectivity index (χ0n) is 8.99. The standard InChI is InChI=1S/C11H15BrN2S.ClH/c12-10-5-3-6-11(14-10)15-8-9-4-1-2-7-13-9;/h3,5-6,9,13H,1-2,4,7-8H2;1H. The molecule has 0 aliphatic carbocycles. The summed E-state index contributed by atoms with van der Waals surface area (Å²) in [5.74, 6) is 1.13. The molecule has 90 valence electrons. The lowest BCUT2D eigenvalue weighted by Crippen LogP contribution is -2.35. The number of halogens is 2. The lowest BCUT2D eigenvalue weighted by atomic mass is 10.1. The Labute approximate surface area is 116 Å². The first-order valence-corrected chi connectivity index (χ1v) is 7.11. The van der Waals surface area contributed by atoms with Crippen LogP contribution in [0, 0.1) is 0 Å². The second-order valence-electron chi connectivity index (χ2n) is 3.76. The average Bonchev–Trinajstić information content (AvgIpc) is 2.28. The molecular formula is C11H16BrClN2S. The Bertz CT molecular complexity index is 319. The fraction of sp³-hybridized carbons (Fsp3) is 0.545. The first kappa shape index (κ1) is 14.3. The Morgan fingerprint density at radius 1 is 1.44 bits per heavy atom. The van der Waals surface area contributed by atoms with Crippen molar-refractivity contribution >= 4 is 40.1 Å². The number of rotatable bonds is 3. The Morgan fingerprint density at radius 2 is 2.31 bits per heavy atom. The number of hydrogen-bond donors (Lipinski definition) is 1. The summed E-state index contributed by atoms with van der Waals surface area (Å²) in [6.07, 6.45) is 4.00. The van der Waals surface area contributed by atoms with Crippen LogP contribution in [0.25, 0.3) is 0 Å². The number of hydrogen-bond acceptors (Lipinski definition) is 3. The minimum Gasteiger partial charge on any atom is -0.313 e.